The molecule has 1 saturated heterocycles. The van der Waals surface area contributed by atoms with Crippen molar-refractivity contribution >= 4 is 29.9 Å². The first-order valence-electron chi connectivity index (χ1n) is 7.34. The number of halogens is 1. The monoisotopic (exact) mass is 408 g/mol. The molecule has 7 nitrogen and oxygen atoms in total. The lowest BCUT2D eigenvalue weighted by atomic mass is 10.2. The van der Waals surface area contributed by atoms with Crippen molar-refractivity contribution in [1.29, 1.82) is 0 Å². The summed E-state index contributed by atoms with van der Waals surface area (Å²) >= 11 is 0. The lowest BCUT2D eigenvalue weighted by Gasteiger charge is -2.14. The van der Waals surface area contributed by atoms with E-state index in [1.165, 1.54) is 0 Å². The molecule has 0 amide bonds. The number of aryl methyl sites for hydroxylation is 1. The molecule has 1 aliphatic rings. The van der Waals surface area contributed by atoms with Crippen molar-refractivity contribution in [3.63, 3.8) is 0 Å². The standard InChI is InChI=1S/C13H24N6O.HI/c1-3-14-13(15-8-11-6-5-7-20-11)16-9-12-18-17-10-19(12)4-2;/h10-11H,3-9H2,1-2H3,(H2,14,15,16);1H. The second-order valence-electron chi connectivity index (χ2n) is 4.74. The van der Waals surface area contributed by atoms with Gasteiger partial charge in [0, 0.05) is 26.2 Å². The first-order chi connectivity index (χ1) is 9.83. The molecule has 0 radical (unpaired) electrons. The zero-order valence-electron chi connectivity index (χ0n) is 12.7. The number of hydrogen-bond donors (Lipinski definition) is 2. The molecular weight excluding hydrogens is 383 g/mol. The summed E-state index contributed by atoms with van der Waals surface area (Å²) < 4.78 is 7.59. The molecule has 0 aromatic carbocycles. The van der Waals surface area contributed by atoms with E-state index in [-0.39, 0.29) is 24.0 Å². The van der Waals surface area contributed by atoms with Gasteiger partial charge in [0.1, 0.15) is 12.9 Å². The zero-order chi connectivity index (χ0) is 14.2. The van der Waals surface area contributed by atoms with Crippen LogP contribution in [0.3, 0.4) is 0 Å². The van der Waals surface area contributed by atoms with Gasteiger partial charge in [-0.1, -0.05) is 0 Å². The third-order valence-electron chi connectivity index (χ3n) is 3.28. The highest BCUT2D eigenvalue weighted by Crippen LogP contribution is 2.10. The first kappa shape index (κ1) is 18.1. The molecule has 0 spiro atoms. The Bertz CT molecular complexity index is 430. The second kappa shape index (κ2) is 9.93. The highest BCUT2D eigenvalue weighted by atomic mass is 127. The summed E-state index contributed by atoms with van der Waals surface area (Å²) in [5.74, 6) is 1.68. The molecule has 2 heterocycles. The van der Waals surface area contributed by atoms with Crippen LogP contribution in [-0.4, -0.2) is 46.5 Å². The molecular formula is C13H25IN6O. The topological polar surface area (TPSA) is 76.4 Å². The van der Waals surface area contributed by atoms with Crippen molar-refractivity contribution < 1.29 is 4.74 Å². The summed E-state index contributed by atoms with van der Waals surface area (Å²) in [4.78, 5) is 4.54. The van der Waals surface area contributed by atoms with Crippen LogP contribution >= 0.6 is 24.0 Å². The maximum absolute atomic E-state index is 5.60. The summed E-state index contributed by atoms with van der Waals surface area (Å²) in [5, 5.41) is 14.5. The highest BCUT2D eigenvalue weighted by Gasteiger charge is 2.15. The third kappa shape index (κ3) is 5.77. The van der Waals surface area contributed by atoms with E-state index in [4.69, 9.17) is 4.74 Å². The Morgan fingerprint density at radius 1 is 1.48 bits per heavy atom. The Hall–Kier alpha value is -0.900. The molecule has 120 valence electrons. The Morgan fingerprint density at radius 3 is 3.00 bits per heavy atom. The van der Waals surface area contributed by atoms with Gasteiger partial charge < -0.3 is 19.9 Å². The molecule has 1 unspecified atom stereocenters. The van der Waals surface area contributed by atoms with Crippen LogP contribution in [0, 0.1) is 0 Å². The quantitative estimate of drug-likeness (QED) is 0.420. The summed E-state index contributed by atoms with van der Waals surface area (Å²) in [6.07, 6.45) is 4.31. The number of aliphatic imine (C=N–C) groups is 1. The van der Waals surface area contributed by atoms with E-state index >= 15 is 0 Å². The van der Waals surface area contributed by atoms with E-state index in [1.807, 2.05) is 4.57 Å². The van der Waals surface area contributed by atoms with Crippen molar-refractivity contribution in [2.75, 3.05) is 19.7 Å². The van der Waals surface area contributed by atoms with Crippen LogP contribution in [0.25, 0.3) is 0 Å². The van der Waals surface area contributed by atoms with Crippen LogP contribution in [0.2, 0.25) is 0 Å². The molecule has 1 fully saturated rings. The van der Waals surface area contributed by atoms with Gasteiger partial charge in [0.25, 0.3) is 0 Å². The number of guanidine groups is 1. The SMILES string of the molecule is CCNC(=NCc1nncn1CC)NCC1CCCO1.I. The molecule has 1 aromatic heterocycles. The molecule has 1 aliphatic heterocycles. The van der Waals surface area contributed by atoms with E-state index in [0.29, 0.717) is 12.6 Å². The molecule has 2 N–H and O–H groups in total. The minimum absolute atomic E-state index is 0. The highest BCUT2D eigenvalue weighted by molar-refractivity contribution is 14.0. The third-order valence-corrected chi connectivity index (χ3v) is 3.28. The minimum Gasteiger partial charge on any atom is -0.376 e. The van der Waals surface area contributed by atoms with Gasteiger partial charge in [-0.25, -0.2) is 4.99 Å². The molecule has 2 rings (SSSR count). The van der Waals surface area contributed by atoms with Crippen molar-refractivity contribution in [2.24, 2.45) is 4.99 Å². The predicted molar refractivity (Wildman–Crippen MR) is 92.9 cm³/mol. The molecule has 0 saturated carbocycles. The zero-order valence-corrected chi connectivity index (χ0v) is 15.0. The van der Waals surface area contributed by atoms with Crippen LogP contribution in [0.15, 0.2) is 11.3 Å². The summed E-state index contributed by atoms with van der Waals surface area (Å²) in [5.41, 5.74) is 0. The van der Waals surface area contributed by atoms with Gasteiger partial charge in [0.05, 0.1) is 6.10 Å². The Kier molecular flexibility index (Phi) is 8.58. The van der Waals surface area contributed by atoms with E-state index in [0.717, 1.165) is 50.9 Å². The van der Waals surface area contributed by atoms with Crippen molar-refractivity contribution in [3.05, 3.63) is 12.2 Å². The fraction of sp³-hybridized carbons (Fsp3) is 0.769. The van der Waals surface area contributed by atoms with Crippen LogP contribution in [0.4, 0.5) is 0 Å². The maximum Gasteiger partial charge on any atom is 0.191 e. The van der Waals surface area contributed by atoms with Crippen LogP contribution in [-0.2, 0) is 17.8 Å². The number of aromatic nitrogens is 3. The summed E-state index contributed by atoms with van der Waals surface area (Å²) in [7, 11) is 0. The van der Waals surface area contributed by atoms with Crippen LogP contribution < -0.4 is 10.6 Å². The number of rotatable bonds is 6. The molecule has 1 aromatic rings. The maximum atomic E-state index is 5.60. The minimum atomic E-state index is 0. The lowest BCUT2D eigenvalue weighted by Crippen LogP contribution is -2.41. The fourth-order valence-electron chi connectivity index (χ4n) is 2.17. The van der Waals surface area contributed by atoms with E-state index in [9.17, 15) is 0 Å². The summed E-state index contributed by atoms with van der Waals surface area (Å²) in [6.45, 7) is 8.01. The molecule has 8 heteroatoms. The van der Waals surface area contributed by atoms with Gasteiger partial charge in [0.2, 0.25) is 0 Å². The second-order valence-corrected chi connectivity index (χ2v) is 4.74. The normalized spacial score (nSPS) is 18.4. The van der Waals surface area contributed by atoms with Crippen molar-refractivity contribution in [2.45, 2.75) is 45.9 Å². The van der Waals surface area contributed by atoms with Crippen LogP contribution in [0.1, 0.15) is 32.5 Å². The molecule has 1 atom stereocenters. The number of hydrogen-bond acceptors (Lipinski definition) is 4. The van der Waals surface area contributed by atoms with Crippen molar-refractivity contribution in [1.82, 2.24) is 25.4 Å². The lowest BCUT2D eigenvalue weighted by molar-refractivity contribution is 0.114. The average Bonchev–Trinajstić information content (AvgIpc) is 3.12. The summed E-state index contributed by atoms with van der Waals surface area (Å²) in [6, 6.07) is 0. The van der Waals surface area contributed by atoms with E-state index in [2.05, 4.69) is 39.7 Å². The molecule has 0 bridgehead atoms. The number of nitrogens with zero attached hydrogens (tertiary/aromatic N) is 4. The number of nitrogens with one attached hydrogen (secondary N) is 2. The van der Waals surface area contributed by atoms with Crippen LogP contribution in [0.5, 0.6) is 0 Å². The Labute approximate surface area is 143 Å². The Morgan fingerprint density at radius 2 is 2.33 bits per heavy atom. The van der Waals surface area contributed by atoms with Crippen molar-refractivity contribution in [3.8, 4) is 0 Å². The fourth-order valence-corrected chi connectivity index (χ4v) is 2.17. The van der Waals surface area contributed by atoms with Gasteiger partial charge in [0.15, 0.2) is 11.8 Å². The molecule has 21 heavy (non-hydrogen) atoms. The van der Waals surface area contributed by atoms with Gasteiger partial charge in [-0.05, 0) is 26.7 Å². The van der Waals surface area contributed by atoms with Gasteiger partial charge in [-0.3, -0.25) is 0 Å². The largest absolute Gasteiger partial charge is 0.376 e. The Balaban J connectivity index is 0.00000220. The van der Waals surface area contributed by atoms with Gasteiger partial charge in [-0.15, -0.1) is 34.2 Å². The predicted octanol–water partition coefficient (Wildman–Crippen LogP) is 1.15. The number of ether oxygens (including phenoxy) is 1. The van der Waals surface area contributed by atoms with E-state index < -0.39 is 0 Å². The van der Waals surface area contributed by atoms with E-state index in [1.54, 1.807) is 6.33 Å². The first-order valence-corrected chi connectivity index (χ1v) is 7.34. The molecule has 0 aliphatic carbocycles. The average molecular weight is 408 g/mol. The van der Waals surface area contributed by atoms with Gasteiger partial charge >= 0.3 is 0 Å². The smallest absolute Gasteiger partial charge is 0.191 e. The van der Waals surface area contributed by atoms with Gasteiger partial charge in [-0.2, -0.15) is 0 Å².